The molecule has 0 bridgehead atoms. The van der Waals surface area contributed by atoms with E-state index in [4.69, 9.17) is 10.5 Å². The number of nitrogens with two attached hydrogens (primary N) is 1. The fraction of sp³-hybridized carbons (Fsp3) is 0.938. The Labute approximate surface area is 128 Å². The Kier molecular flexibility index (Phi) is 4.96. The molecular formula is C16H31N3O2. The lowest BCUT2D eigenvalue weighted by Gasteiger charge is -2.45. The molecule has 1 heterocycles. The van der Waals surface area contributed by atoms with Crippen LogP contribution >= 0.6 is 0 Å². The van der Waals surface area contributed by atoms with Crippen LogP contribution in [0.2, 0.25) is 0 Å². The second-order valence-electron chi connectivity index (χ2n) is 7.54. The van der Waals surface area contributed by atoms with E-state index in [9.17, 15) is 4.79 Å². The molecule has 0 aromatic rings. The van der Waals surface area contributed by atoms with E-state index in [-0.39, 0.29) is 17.5 Å². The van der Waals surface area contributed by atoms with Crippen molar-refractivity contribution >= 4 is 5.91 Å². The Balaban J connectivity index is 2.00. The summed E-state index contributed by atoms with van der Waals surface area (Å²) in [5.74, 6) is 0.748. The van der Waals surface area contributed by atoms with Crippen molar-refractivity contribution < 1.29 is 9.53 Å². The second-order valence-corrected chi connectivity index (χ2v) is 7.54. The minimum absolute atomic E-state index is 0.0342. The second kappa shape index (κ2) is 6.23. The largest absolute Gasteiger partial charge is 0.379 e. The summed E-state index contributed by atoms with van der Waals surface area (Å²) >= 11 is 0. The fourth-order valence-corrected chi connectivity index (χ4v) is 3.73. The topological polar surface area (TPSA) is 67.6 Å². The van der Waals surface area contributed by atoms with Gasteiger partial charge in [0.2, 0.25) is 5.91 Å². The van der Waals surface area contributed by atoms with E-state index in [0.717, 1.165) is 12.8 Å². The smallest absolute Gasteiger partial charge is 0.230 e. The fourth-order valence-electron chi connectivity index (χ4n) is 3.73. The number of carbonyl (C=O) groups excluding carboxylic acids is 1. The summed E-state index contributed by atoms with van der Waals surface area (Å²) in [7, 11) is 4.24. The predicted octanol–water partition coefficient (Wildman–Crippen LogP) is 0.977. The molecule has 1 aliphatic heterocycles. The number of nitrogens with one attached hydrogen (secondary N) is 1. The minimum Gasteiger partial charge on any atom is -0.379 e. The van der Waals surface area contributed by atoms with Crippen LogP contribution in [0.25, 0.3) is 0 Å². The van der Waals surface area contributed by atoms with Gasteiger partial charge in [0.05, 0.1) is 18.6 Å². The lowest BCUT2D eigenvalue weighted by atomic mass is 9.75. The number of nitrogens with zero attached hydrogens (tertiary/aromatic N) is 1. The van der Waals surface area contributed by atoms with Crippen molar-refractivity contribution in [1.82, 2.24) is 10.2 Å². The highest BCUT2D eigenvalue weighted by atomic mass is 16.5. The van der Waals surface area contributed by atoms with Gasteiger partial charge in [0.1, 0.15) is 0 Å². The van der Waals surface area contributed by atoms with Gasteiger partial charge >= 0.3 is 0 Å². The Hall–Kier alpha value is -0.650. The van der Waals surface area contributed by atoms with Crippen LogP contribution in [0.4, 0.5) is 0 Å². The van der Waals surface area contributed by atoms with Crippen molar-refractivity contribution in [3.8, 4) is 0 Å². The lowest BCUT2D eigenvalue weighted by molar-refractivity contribution is -0.131. The third-order valence-electron chi connectivity index (χ3n) is 5.63. The molecule has 4 atom stereocenters. The molecule has 0 radical (unpaired) electrons. The molecule has 2 aliphatic rings. The summed E-state index contributed by atoms with van der Waals surface area (Å²) in [6.45, 7) is 5.81. The molecule has 4 unspecified atom stereocenters. The molecule has 1 aliphatic carbocycles. The van der Waals surface area contributed by atoms with E-state index in [0.29, 0.717) is 25.7 Å². The lowest BCUT2D eigenvalue weighted by Crippen LogP contribution is -2.58. The molecule has 2 fully saturated rings. The molecule has 0 aromatic carbocycles. The number of hydrogen-bond donors (Lipinski definition) is 2. The zero-order chi connectivity index (χ0) is 15.7. The van der Waals surface area contributed by atoms with Crippen molar-refractivity contribution in [1.29, 1.82) is 0 Å². The first-order valence-electron chi connectivity index (χ1n) is 8.09. The molecule has 1 saturated heterocycles. The number of rotatable bonds is 4. The Morgan fingerprint density at radius 2 is 2.19 bits per heavy atom. The first kappa shape index (κ1) is 16.7. The van der Waals surface area contributed by atoms with Gasteiger partial charge in [-0.05, 0) is 39.8 Å². The first-order valence-corrected chi connectivity index (χ1v) is 8.09. The van der Waals surface area contributed by atoms with Gasteiger partial charge < -0.3 is 20.7 Å². The molecule has 21 heavy (non-hydrogen) atoms. The van der Waals surface area contributed by atoms with E-state index < -0.39 is 5.41 Å². The van der Waals surface area contributed by atoms with Crippen molar-refractivity contribution in [3.63, 3.8) is 0 Å². The Morgan fingerprint density at radius 3 is 2.71 bits per heavy atom. The molecule has 0 spiro atoms. The predicted molar refractivity (Wildman–Crippen MR) is 84.0 cm³/mol. The number of carbonyl (C=O) groups is 1. The van der Waals surface area contributed by atoms with Crippen LogP contribution in [0.3, 0.4) is 0 Å². The number of likely N-dealkylation sites (N-methyl/N-ethyl adjacent to an activating group) is 1. The maximum absolute atomic E-state index is 12.6. The first-order chi connectivity index (χ1) is 9.80. The van der Waals surface area contributed by atoms with E-state index in [2.05, 4.69) is 31.2 Å². The normalized spacial score (nSPS) is 40.5. The van der Waals surface area contributed by atoms with Gasteiger partial charge in [-0.1, -0.05) is 19.8 Å². The molecule has 3 N–H and O–H groups in total. The van der Waals surface area contributed by atoms with Gasteiger partial charge in [0, 0.05) is 18.1 Å². The monoisotopic (exact) mass is 297 g/mol. The molecule has 5 nitrogen and oxygen atoms in total. The van der Waals surface area contributed by atoms with Gasteiger partial charge in [0.25, 0.3) is 0 Å². The van der Waals surface area contributed by atoms with Gasteiger partial charge in [-0.15, -0.1) is 0 Å². The third kappa shape index (κ3) is 3.25. The summed E-state index contributed by atoms with van der Waals surface area (Å²) in [6, 6.07) is -0.210. The highest BCUT2D eigenvalue weighted by Gasteiger charge is 2.45. The molecule has 0 aromatic heterocycles. The number of hydrogen-bond acceptors (Lipinski definition) is 4. The highest BCUT2D eigenvalue weighted by molar-refractivity contribution is 5.83. The maximum Gasteiger partial charge on any atom is 0.230 e. The van der Waals surface area contributed by atoms with Crippen molar-refractivity contribution in [3.05, 3.63) is 0 Å². The van der Waals surface area contributed by atoms with Gasteiger partial charge in [0.15, 0.2) is 0 Å². The van der Waals surface area contributed by atoms with Crippen LogP contribution in [0.5, 0.6) is 0 Å². The number of ether oxygens (including phenoxy) is 1. The molecule has 122 valence electrons. The summed E-state index contributed by atoms with van der Waals surface area (Å²) in [5.41, 5.74) is 5.53. The molecule has 2 rings (SSSR count). The minimum atomic E-state index is -0.589. The van der Waals surface area contributed by atoms with Crippen LogP contribution in [0.15, 0.2) is 0 Å². The summed E-state index contributed by atoms with van der Waals surface area (Å²) in [4.78, 5) is 14.9. The van der Waals surface area contributed by atoms with E-state index in [1.165, 1.54) is 12.8 Å². The van der Waals surface area contributed by atoms with E-state index in [1.54, 1.807) is 0 Å². The number of amides is 1. The van der Waals surface area contributed by atoms with E-state index in [1.807, 2.05) is 6.92 Å². The molecular weight excluding hydrogens is 266 g/mol. The van der Waals surface area contributed by atoms with Crippen LogP contribution in [0, 0.1) is 11.3 Å². The molecule has 5 heteroatoms. The van der Waals surface area contributed by atoms with Gasteiger partial charge in [-0.2, -0.15) is 0 Å². The summed E-state index contributed by atoms with van der Waals surface area (Å²) in [5, 5.41) is 3.17. The van der Waals surface area contributed by atoms with Crippen LogP contribution in [-0.4, -0.2) is 56.2 Å². The van der Waals surface area contributed by atoms with Gasteiger partial charge in [-0.25, -0.2) is 0 Å². The SMILES string of the molecule is CC1CCCC(CNC(=O)C2(C)COCC2N)(N(C)C)C1. The average Bonchev–Trinajstić information content (AvgIpc) is 2.77. The Morgan fingerprint density at radius 1 is 1.48 bits per heavy atom. The maximum atomic E-state index is 12.6. The van der Waals surface area contributed by atoms with Gasteiger partial charge in [-0.3, -0.25) is 4.79 Å². The zero-order valence-electron chi connectivity index (χ0n) is 13.9. The van der Waals surface area contributed by atoms with Crippen LogP contribution < -0.4 is 11.1 Å². The standard InChI is InChI=1S/C16H31N3O2/c1-12-6-5-7-16(8-12,19(3)4)10-18-14(20)15(2)11-21-9-13(15)17/h12-13H,5-11,17H2,1-4H3,(H,18,20). The third-order valence-corrected chi connectivity index (χ3v) is 5.63. The summed E-state index contributed by atoms with van der Waals surface area (Å²) in [6.07, 6.45) is 4.80. The molecule has 1 amide bonds. The average molecular weight is 297 g/mol. The zero-order valence-corrected chi connectivity index (χ0v) is 13.9. The molecule has 1 saturated carbocycles. The summed E-state index contributed by atoms with van der Waals surface area (Å²) < 4.78 is 5.38. The van der Waals surface area contributed by atoms with Crippen LogP contribution in [-0.2, 0) is 9.53 Å². The van der Waals surface area contributed by atoms with E-state index >= 15 is 0 Å². The van der Waals surface area contributed by atoms with Crippen molar-refractivity contribution in [2.45, 2.75) is 51.1 Å². The quantitative estimate of drug-likeness (QED) is 0.811. The van der Waals surface area contributed by atoms with Crippen molar-refractivity contribution in [2.75, 3.05) is 33.9 Å². The highest BCUT2D eigenvalue weighted by Crippen LogP contribution is 2.35. The van der Waals surface area contributed by atoms with Crippen LogP contribution in [0.1, 0.15) is 39.5 Å². The Bertz CT molecular complexity index is 388. The van der Waals surface area contributed by atoms with Crippen molar-refractivity contribution in [2.24, 2.45) is 17.1 Å².